The standard InChI is InChI=1S/C14H28N2O3/c1-6-15(7-8-17)13(18)14(19)16(9-11(2)3)10-12(4)5/h11-12,17H,6-10H2,1-5H3. The van der Waals surface area contributed by atoms with Crippen molar-refractivity contribution in [2.24, 2.45) is 11.8 Å². The first-order valence-corrected chi connectivity index (χ1v) is 7.02. The summed E-state index contributed by atoms with van der Waals surface area (Å²) in [6, 6.07) is 0. The van der Waals surface area contributed by atoms with Gasteiger partial charge in [0.15, 0.2) is 0 Å². The van der Waals surface area contributed by atoms with E-state index in [4.69, 9.17) is 5.11 Å². The summed E-state index contributed by atoms with van der Waals surface area (Å²) in [5.41, 5.74) is 0. The van der Waals surface area contributed by atoms with Crippen LogP contribution in [0.15, 0.2) is 0 Å². The first-order valence-electron chi connectivity index (χ1n) is 7.02. The van der Waals surface area contributed by atoms with Crippen molar-refractivity contribution >= 4 is 11.8 Å². The largest absolute Gasteiger partial charge is 0.395 e. The summed E-state index contributed by atoms with van der Waals surface area (Å²) in [7, 11) is 0. The van der Waals surface area contributed by atoms with Crippen LogP contribution in [0.25, 0.3) is 0 Å². The van der Waals surface area contributed by atoms with Crippen molar-refractivity contribution in [2.45, 2.75) is 34.6 Å². The fourth-order valence-corrected chi connectivity index (χ4v) is 1.92. The van der Waals surface area contributed by atoms with Gasteiger partial charge in [0, 0.05) is 26.2 Å². The number of hydrogen-bond donors (Lipinski definition) is 1. The van der Waals surface area contributed by atoms with Crippen LogP contribution in [0.1, 0.15) is 34.6 Å². The summed E-state index contributed by atoms with van der Waals surface area (Å²) in [5, 5.41) is 8.91. The molecule has 2 amide bonds. The van der Waals surface area contributed by atoms with Crippen LogP contribution in [0.3, 0.4) is 0 Å². The van der Waals surface area contributed by atoms with Gasteiger partial charge in [-0.25, -0.2) is 0 Å². The lowest BCUT2D eigenvalue weighted by Crippen LogP contribution is -2.48. The highest BCUT2D eigenvalue weighted by Crippen LogP contribution is 2.06. The van der Waals surface area contributed by atoms with E-state index in [1.807, 2.05) is 27.7 Å². The Morgan fingerprint density at radius 2 is 1.37 bits per heavy atom. The van der Waals surface area contributed by atoms with Crippen LogP contribution in [-0.2, 0) is 9.59 Å². The van der Waals surface area contributed by atoms with E-state index < -0.39 is 11.8 Å². The number of rotatable bonds is 7. The third-order valence-corrected chi connectivity index (χ3v) is 2.68. The van der Waals surface area contributed by atoms with Gasteiger partial charge in [-0.2, -0.15) is 0 Å². The van der Waals surface area contributed by atoms with Gasteiger partial charge in [0.1, 0.15) is 0 Å². The maximum Gasteiger partial charge on any atom is 0.312 e. The van der Waals surface area contributed by atoms with Gasteiger partial charge in [-0.1, -0.05) is 27.7 Å². The van der Waals surface area contributed by atoms with Gasteiger partial charge in [-0.15, -0.1) is 0 Å². The molecule has 1 N–H and O–H groups in total. The molecule has 0 bridgehead atoms. The molecule has 0 aromatic carbocycles. The third-order valence-electron chi connectivity index (χ3n) is 2.68. The molecule has 0 aromatic rings. The Balaban J connectivity index is 4.80. The second kappa shape index (κ2) is 8.91. The first-order chi connectivity index (χ1) is 8.83. The monoisotopic (exact) mass is 272 g/mol. The summed E-state index contributed by atoms with van der Waals surface area (Å²) in [5.74, 6) is -0.331. The Bertz CT molecular complexity index is 280. The molecule has 0 aliphatic rings. The fourth-order valence-electron chi connectivity index (χ4n) is 1.92. The van der Waals surface area contributed by atoms with Crippen molar-refractivity contribution in [3.05, 3.63) is 0 Å². The van der Waals surface area contributed by atoms with E-state index >= 15 is 0 Å². The summed E-state index contributed by atoms with van der Waals surface area (Å²) in [4.78, 5) is 27.3. The average Bonchev–Trinajstić information content (AvgIpc) is 2.32. The van der Waals surface area contributed by atoms with Gasteiger partial charge in [-0.3, -0.25) is 9.59 Å². The smallest absolute Gasteiger partial charge is 0.312 e. The van der Waals surface area contributed by atoms with Crippen molar-refractivity contribution in [3.63, 3.8) is 0 Å². The molecular weight excluding hydrogens is 244 g/mol. The van der Waals surface area contributed by atoms with E-state index in [2.05, 4.69) is 0 Å². The summed E-state index contributed by atoms with van der Waals surface area (Å²) in [6.07, 6.45) is 0. The number of aliphatic hydroxyl groups excluding tert-OH is 1. The van der Waals surface area contributed by atoms with Gasteiger partial charge in [0.25, 0.3) is 0 Å². The lowest BCUT2D eigenvalue weighted by atomic mass is 10.1. The van der Waals surface area contributed by atoms with Crippen LogP contribution in [0.2, 0.25) is 0 Å². The van der Waals surface area contributed by atoms with Crippen molar-refractivity contribution in [2.75, 3.05) is 32.8 Å². The van der Waals surface area contributed by atoms with E-state index in [1.54, 1.807) is 11.8 Å². The van der Waals surface area contributed by atoms with Gasteiger partial charge < -0.3 is 14.9 Å². The van der Waals surface area contributed by atoms with Crippen LogP contribution < -0.4 is 0 Å². The Morgan fingerprint density at radius 1 is 0.947 bits per heavy atom. The maximum absolute atomic E-state index is 12.2. The van der Waals surface area contributed by atoms with Gasteiger partial charge in [0.2, 0.25) is 0 Å². The fraction of sp³-hybridized carbons (Fsp3) is 0.857. The Labute approximate surface area is 116 Å². The summed E-state index contributed by atoms with van der Waals surface area (Å²) in [6.45, 7) is 11.6. The lowest BCUT2D eigenvalue weighted by Gasteiger charge is -2.28. The van der Waals surface area contributed by atoms with E-state index in [1.165, 1.54) is 4.90 Å². The molecule has 0 aliphatic carbocycles. The Kier molecular flexibility index (Phi) is 8.39. The van der Waals surface area contributed by atoms with Crippen LogP contribution in [0.5, 0.6) is 0 Å². The molecule has 112 valence electrons. The van der Waals surface area contributed by atoms with Crippen LogP contribution in [0, 0.1) is 11.8 Å². The minimum absolute atomic E-state index is 0.124. The molecule has 5 heteroatoms. The highest BCUT2D eigenvalue weighted by molar-refractivity contribution is 6.34. The molecule has 0 saturated carbocycles. The van der Waals surface area contributed by atoms with E-state index in [0.29, 0.717) is 31.5 Å². The molecule has 0 radical (unpaired) electrons. The zero-order valence-corrected chi connectivity index (χ0v) is 12.8. The molecule has 19 heavy (non-hydrogen) atoms. The predicted molar refractivity (Wildman–Crippen MR) is 75.6 cm³/mol. The second-order valence-electron chi connectivity index (χ2n) is 5.61. The molecule has 0 fully saturated rings. The molecular formula is C14H28N2O3. The zero-order chi connectivity index (χ0) is 15.0. The highest BCUT2D eigenvalue weighted by Gasteiger charge is 2.26. The second-order valence-corrected chi connectivity index (χ2v) is 5.61. The van der Waals surface area contributed by atoms with Crippen molar-refractivity contribution in [1.82, 2.24) is 9.80 Å². The van der Waals surface area contributed by atoms with E-state index in [-0.39, 0.29) is 13.2 Å². The quantitative estimate of drug-likeness (QED) is 0.702. The summed E-state index contributed by atoms with van der Waals surface area (Å²) >= 11 is 0. The molecule has 0 atom stereocenters. The van der Waals surface area contributed by atoms with Crippen LogP contribution in [-0.4, -0.2) is 59.5 Å². The SMILES string of the molecule is CCN(CCO)C(=O)C(=O)N(CC(C)C)CC(C)C. The van der Waals surface area contributed by atoms with Crippen LogP contribution >= 0.6 is 0 Å². The minimum atomic E-state index is -0.516. The topological polar surface area (TPSA) is 60.9 Å². The number of likely N-dealkylation sites (N-methyl/N-ethyl adjacent to an activating group) is 1. The molecule has 0 unspecified atom stereocenters. The van der Waals surface area contributed by atoms with Gasteiger partial charge >= 0.3 is 11.8 Å². The minimum Gasteiger partial charge on any atom is -0.395 e. The molecule has 5 nitrogen and oxygen atoms in total. The van der Waals surface area contributed by atoms with Gasteiger partial charge in [-0.05, 0) is 18.8 Å². The highest BCUT2D eigenvalue weighted by atomic mass is 16.3. The Hall–Kier alpha value is -1.10. The molecule has 0 heterocycles. The van der Waals surface area contributed by atoms with Crippen molar-refractivity contribution in [1.29, 1.82) is 0 Å². The number of hydrogen-bond acceptors (Lipinski definition) is 3. The lowest BCUT2D eigenvalue weighted by molar-refractivity contribution is -0.152. The average molecular weight is 272 g/mol. The number of amides is 2. The van der Waals surface area contributed by atoms with E-state index in [9.17, 15) is 9.59 Å². The normalized spacial score (nSPS) is 10.9. The molecule has 0 spiro atoms. The summed E-state index contributed by atoms with van der Waals surface area (Å²) < 4.78 is 0. The molecule has 0 aromatic heterocycles. The molecule has 0 aliphatic heterocycles. The number of nitrogens with zero attached hydrogens (tertiary/aromatic N) is 2. The van der Waals surface area contributed by atoms with Crippen LogP contribution in [0.4, 0.5) is 0 Å². The zero-order valence-electron chi connectivity index (χ0n) is 12.8. The third kappa shape index (κ3) is 6.57. The van der Waals surface area contributed by atoms with Crippen molar-refractivity contribution in [3.8, 4) is 0 Å². The first kappa shape index (κ1) is 17.9. The van der Waals surface area contributed by atoms with Gasteiger partial charge in [0.05, 0.1) is 6.61 Å². The predicted octanol–water partition coefficient (Wildman–Crippen LogP) is 0.968. The Morgan fingerprint density at radius 3 is 1.68 bits per heavy atom. The number of aliphatic hydroxyl groups is 1. The maximum atomic E-state index is 12.2. The molecule has 0 rings (SSSR count). The number of carbonyl (C=O) groups excluding carboxylic acids is 2. The van der Waals surface area contributed by atoms with Crippen molar-refractivity contribution < 1.29 is 14.7 Å². The molecule has 0 saturated heterocycles. The van der Waals surface area contributed by atoms with E-state index in [0.717, 1.165) is 0 Å². The number of carbonyl (C=O) groups is 2.